The first-order chi connectivity index (χ1) is 8.50. The second kappa shape index (κ2) is 6.95. The summed E-state index contributed by atoms with van der Waals surface area (Å²) in [5.74, 6) is 0.0179. The summed E-state index contributed by atoms with van der Waals surface area (Å²) in [6, 6.07) is -0.354. The Morgan fingerprint density at radius 1 is 1.50 bits per heavy atom. The highest BCUT2D eigenvalue weighted by molar-refractivity contribution is 7.10. The Hall–Kier alpha value is -1.63. The van der Waals surface area contributed by atoms with Crippen LogP contribution in [0, 0.1) is 0 Å². The summed E-state index contributed by atoms with van der Waals surface area (Å²) in [4.78, 5) is 26.9. The van der Waals surface area contributed by atoms with Gasteiger partial charge in [-0.3, -0.25) is 10.1 Å². The first-order valence-corrected chi connectivity index (χ1v) is 6.58. The van der Waals surface area contributed by atoms with Crippen molar-refractivity contribution in [2.24, 2.45) is 0 Å². The minimum absolute atomic E-state index is 0.0498. The van der Waals surface area contributed by atoms with Gasteiger partial charge in [0.1, 0.15) is 5.82 Å². The Kier molecular flexibility index (Phi) is 5.57. The maximum atomic E-state index is 11.5. The topological polar surface area (TPSA) is 91.3 Å². The van der Waals surface area contributed by atoms with Crippen molar-refractivity contribution >= 4 is 29.2 Å². The largest absolute Gasteiger partial charge is 0.481 e. The lowest BCUT2D eigenvalue weighted by Crippen LogP contribution is -2.30. The molecular formula is C11H17N3O3S. The van der Waals surface area contributed by atoms with Gasteiger partial charge in [0, 0.05) is 13.0 Å². The Balaban J connectivity index is 2.35. The van der Waals surface area contributed by atoms with Crippen LogP contribution in [-0.2, 0) is 4.79 Å². The number of carbonyl (C=O) groups is 2. The van der Waals surface area contributed by atoms with Crippen LogP contribution in [0.3, 0.4) is 0 Å². The first-order valence-electron chi connectivity index (χ1n) is 5.70. The molecule has 0 saturated carbocycles. The Morgan fingerprint density at radius 2 is 2.22 bits per heavy atom. The standard InChI is InChI=1S/C11H17N3O3S/c1-7(2)9-10(13-6-18-9)14-11(17)12-5-3-4-8(15)16/h6-7H,3-5H2,1-2H3,(H,15,16)(H2,12,14,17). The molecule has 0 bridgehead atoms. The zero-order valence-electron chi connectivity index (χ0n) is 10.4. The number of aliphatic carboxylic acids is 1. The second-order valence-electron chi connectivity index (χ2n) is 4.10. The molecule has 0 spiro atoms. The molecule has 0 aromatic carbocycles. The second-order valence-corrected chi connectivity index (χ2v) is 4.98. The van der Waals surface area contributed by atoms with Crippen LogP contribution in [-0.4, -0.2) is 28.6 Å². The van der Waals surface area contributed by atoms with E-state index in [9.17, 15) is 9.59 Å². The number of nitrogens with zero attached hydrogens (tertiary/aromatic N) is 1. The van der Waals surface area contributed by atoms with Gasteiger partial charge in [0.05, 0.1) is 10.4 Å². The first kappa shape index (κ1) is 14.4. The van der Waals surface area contributed by atoms with Crippen LogP contribution in [0.1, 0.15) is 37.5 Å². The van der Waals surface area contributed by atoms with E-state index in [1.165, 1.54) is 11.3 Å². The van der Waals surface area contributed by atoms with Crippen LogP contribution in [0.15, 0.2) is 5.51 Å². The number of carbonyl (C=O) groups excluding carboxylic acids is 1. The third-order valence-corrected chi connectivity index (χ3v) is 3.33. The van der Waals surface area contributed by atoms with E-state index < -0.39 is 5.97 Å². The fourth-order valence-corrected chi connectivity index (χ4v) is 2.11. The van der Waals surface area contributed by atoms with Gasteiger partial charge in [0.25, 0.3) is 0 Å². The molecule has 100 valence electrons. The van der Waals surface area contributed by atoms with Crippen molar-refractivity contribution in [3.8, 4) is 0 Å². The zero-order chi connectivity index (χ0) is 13.5. The predicted molar refractivity (Wildman–Crippen MR) is 70.1 cm³/mol. The van der Waals surface area contributed by atoms with Crippen LogP contribution in [0.5, 0.6) is 0 Å². The summed E-state index contributed by atoms with van der Waals surface area (Å²) in [5.41, 5.74) is 1.69. The Bertz CT molecular complexity index is 417. The molecule has 6 nitrogen and oxygen atoms in total. The summed E-state index contributed by atoms with van der Waals surface area (Å²) < 4.78 is 0. The molecule has 0 saturated heterocycles. The van der Waals surface area contributed by atoms with E-state index in [2.05, 4.69) is 15.6 Å². The van der Waals surface area contributed by atoms with Gasteiger partial charge in [0.15, 0.2) is 0 Å². The van der Waals surface area contributed by atoms with Gasteiger partial charge < -0.3 is 10.4 Å². The van der Waals surface area contributed by atoms with Crippen LogP contribution < -0.4 is 10.6 Å². The molecule has 0 atom stereocenters. The predicted octanol–water partition coefficient (Wildman–Crippen LogP) is 2.25. The van der Waals surface area contributed by atoms with Crippen molar-refractivity contribution < 1.29 is 14.7 Å². The minimum Gasteiger partial charge on any atom is -0.481 e. The maximum absolute atomic E-state index is 11.5. The minimum atomic E-state index is -0.862. The summed E-state index contributed by atoms with van der Waals surface area (Å²) in [6.45, 7) is 4.40. The monoisotopic (exact) mass is 271 g/mol. The number of carboxylic acid groups (broad SMARTS) is 1. The van der Waals surface area contributed by atoms with Gasteiger partial charge in [-0.05, 0) is 12.3 Å². The average molecular weight is 271 g/mol. The van der Waals surface area contributed by atoms with Crippen LogP contribution in [0.25, 0.3) is 0 Å². The summed E-state index contributed by atoms with van der Waals surface area (Å²) >= 11 is 1.50. The van der Waals surface area contributed by atoms with Crippen molar-refractivity contribution in [1.29, 1.82) is 0 Å². The summed E-state index contributed by atoms with van der Waals surface area (Å²) in [6.07, 6.45) is 0.463. The van der Waals surface area contributed by atoms with Gasteiger partial charge in [-0.15, -0.1) is 11.3 Å². The molecule has 0 aliphatic heterocycles. The third-order valence-electron chi connectivity index (χ3n) is 2.20. The molecular weight excluding hydrogens is 254 g/mol. The van der Waals surface area contributed by atoms with E-state index in [0.717, 1.165) is 4.88 Å². The Labute approximate surface area is 109 Å². The fraction of sp³-hybridized carbons (Fsp3) is 0.545. The van der Waals surface area contributed by atoms with Crippen LogP contribution >= 0.6 is 11.3 Å². The van der Waals surface area contributed by atoms with Gasteiger partial charge in [0.2, 0.25) is 0 Å². The van der Waals surface area contributed by atoms with E-state index in [1.807, 2.05) is 13.8 Å². The SMILES string of the molecule is CC(C)c1scnc1NC(=O)NCCCC(=O)O. The normalized spacial score (nSPS) is 10.4. The van der Waals surface area contributed by atoms with Crippen molar-refractivity contribution in [3.63, 3.8) is 0 Å². The summed E-state index contributed by atoms with van der Waals surface area (Å²) in [5, 5.41) is 13.7. The fourth-order valence-electron chi connectivity index (χ4n) is 1.35. The van der Waals surface area contributed by atoms with Crippen LogP contribution in [0.2, 0.25) is 0 Å². The van der Waals surface area contributed by atoms with E-state index in [4.69, 9.17) is 5.11 Å². The van der Waals surface area contributed by atoms with Gasteiger partial charge in [-0.25, -0.2) is 9.78 Å². The molecule has 18 heavy (non-hydrogen) atoms. The van der Waals surface area contributed by atoms with Crippen molar-refractivity contribution in [1.82, 2.24) is 10.3 Å². The molecule has 1 aromatic rings. The molecule has 1 heterocycles. The molecule has 2 amide bonds. The molecule has 0 fully saturated rings. The number of rotatable bonds is 6. The third kappa shape index (κ3) is 4.70. The molecule has 7 heteroatoms. The highest BCUT2D eigenvalue weighted by atomic mass is 32.1. The number of thiazole rings is 1. The van der Waals surface area contributed by atoms with Crippen molar-refractivity contribution in [2.45, 2.75) is 32.6 Å². The lowest BCUT2D eigenvalue weighted by Gasteiger charge is -2.08. The smallest absolute Gasteiger partial charge is 0.320 e. The number of anilines is 1. The molecule has 0 aliphatic rings. The van der Waals surface area contributed by atoms with E-state index in [0.29, 0.717) is 24.7 Å². The van der Waals surface area contributed by atoms with Gasteiger partial charge in [-0.1, -0.05) is 13.8 Å². The molecule has 0 unspecified atom stereocenters. The maximum Gasteiger partial charge on any atom is 0.320 e. The lowest BCUT2D eigenvalue weighted by molar-refractivity contribution is -0.137. The molecule has 0 radical (unpaired) electrons. The van der Waals surface area contributed by atoms with E-state index in [1.54, 1.807) is 5.51 Å². The highest BCUT2D eigenvalue weighted by Gasteiger charge is 2.12. The number of aromatic nitrogens is 1. The van der Waals surface area contributed by atoms with Gasteiger partial charge >= 0.3 is 12.0 Å². The molecule has 3 N–H and O–H groups in total. The number of hydrogen-bond donors (Lipinski definition) is 3. The summed E-state index contributed by atoms with van der Waals surface area (Å²) in [7, 11) is 0. The molecule has 0 aliphatic carbocycles. The van der Waals surface area contributed by atoms with E-state index in [-0.39, 0.29) is 12.5 Å². The Morgan fingerprint density at radius 3 is 2.83 bits per heavy atom. The average Bonchev–Trinajstić information content (AvgIpc) is 2.72. The molecule has 1 aromatic heterocycles. The number of nitrogens with one attached hydrogen (secondary N) is 2. The molecule has 1 rings (SSSR count). The highest BCUT2D eigenvalue weighted by Crippen LogP contribution is 2.26. The van der Waals surface area contributed by atoms with Gasteiger partial charge in [-0.2, -0.15) is 0 Å². The number of hydrogen-bond acceptors (Lipinski definition) is 4. The van der Waals surface area contributed by atoms with Crippen molar-refractivity contribution in [2.75, 3.05) is 11.9 Å². The number of amides is 2. The van der Waals surface area contributed by atoms with E-state index >= 15 is 0 Å². The lowest BCUT2D eigenvalue weighted by atomic mass is 10.2. The van der Waals surface area contributed by atoms with Crippen LogP contribution in [0.4, 0.5) is 10.6 Å². The van der Waals surface area contributed by atoms with Crippen molar-refractivity contribution in [3.05, 3.63) is 10.4 Å². The zero-order valence-corrected chi connectivity index (χ0v) is 11.2. The quantitative estimate of drug-likeness (QED) is 0.692. The number of urea groups is 1. The number of carboxylic acids is 1.